The second-order valence-corrected chi connectivity index (χ2v) is 20.4. The highest BCUT2D eigenvalue weighted by molar-refractivity contribution is 5.82. The van der Waals surface area contributed by atoms with Gasteiger partial charge in [0.2, 0.25) is 0 Å². The number of nitrogens with zero attached hydrogens (tertiary/aromatic N) is 9. The first-order valence-corrected chi connectivity index (χ1v) is 25.5. The van der Waals surface area contributed by atoms with Crippen LogP contribution in [-0.2, 0) is 42.7 Å². The summed E-state index contributed by atoms with van der Waals surface area (Å²) in [6, 6.07) is 4.72. The first-order valence-electron chi connectivity index (χ1n) is 25.5. The summed E-state index contributed by atoms with van der Waals surface area (Å²) < 4.78 is 72.0. The first-order chi connectivity index (χ1) is 38.6. The van der Waals surface area contributed by atoms with E-state index in [1.165, 1.54) is 33.9 Å². The second-order valence-electron chi connectivity index (χ2n) is 20.4. The molecule has 7 rings (SSSR count). The van der Waals surface area contributed by atoms with Crippen molar-refractivity contribution in [2.75, 3.05) is 37.9 Å². The molecule has 28 nitrogen and oxygen atoms in total. The highest BCUT2D eigenvalue weighted by Crippen LogP contribution is 2.40. The van der Waals surface area contributed by atoms with Gasteiger partial charge in [0, 0.05) is 44.4 Å². The molecule has 0 spiro atoms. The lowest BCUT2D eigenvalue weighted by atomic mass is 9.99. The number of carbonyl (C=O) groups excluding carboxylic acids is 4. The van der Waals surface area contributed by atoms with Gasteiger partial charge in [0.1, 0.15) is 54.8 Å². The number of nitrogen functional groups attached to an aromatic ring is 2. The van der Waals surface area contributed by atoms with Crippen molar-refractivity contribution < 1.29 is 86.1 Å². The van der Waals surface area contributed by atoms with Gasteiger partial charge in [0.25, 0.3) is 5.69 Å². The largest absolute Gasteiger partial charge is 0.513 e. The zero-order chi connectivity index (χ0) is 60.6. The number of hydrogen-bond acceptors (Lipinski definition) is 25. The fourth-order valence-electron chi connectivity index (χ4n) is 7.87. The number of aromatic nitrogens is 8. The Morgan fingerprint density at radius 2 is 1.16 bits per heavy atom. The minimum absolute atomic E-state index is 0.00274. The SMILES string of the molecule is C#C[C@]1(COC(=O)OCCCCCC(=O)OC(C)(C)C)O[C@@H](n2cnc3c(N)nc(F)nc32)C[C@@H]1O.C#C[C@]1(COC(=O)Oc2ccc([N+](=O)[O-])cc2)O[C@@H](n2cnc3c(N)nc(F)nc32)C[C@@H]1O.CC(C)(C)OC(=O)CCCCCO. The third-order valence-electron chi connectivity index (χ3n) is 11.8. The summed E-state index contributed by atoms with van der Waals surface area (Å²) >= 11 is 0. The lowest BCUT2D eigenvalue weighted by Crippen LogP contribution is -2.43. The van der Waals surface area contributed by atoms with Crippen LogP contribution in [0.2, 0.25) is 0 Å². The number of anilines is 2. The summed E-state index contributed by atoms with van der Waals surface area (Å²) in [4.78, 5) is 79.2. The third-order valence-corrected chi connectivity index (χ3v) is 11.8. The molecule has 30 heteroatoms. The van der Waals surface area contributed by atoms with Crippen molar-refractivity contribution in [1.29, 1.82) is 0 Å². The zero-order valence-electron chi connectivity index (χ0n) is 45.8. The Morgan fingerprint density at radius 3 is 1.57 bits per heavy atom. The number of non-ortho nitro benzene ring substituents is 1. The number of aliphatic hydroxyl groups is 3. The van der Waals surface area contributed by atoms with Crippen molar-refractivity contribution in [1.82, 2.24) is 39.0 Å². The molecule has 0 unspecified atom stereocenters. The number of aliphatic hydroxyl groups excluding tert-OH is 3. The molecule has 6 atom stereocenters. The number of hydrogen-bond donors (Lipinski definition) is 5. The Morgan fingerprint density at radius 1 is 0.720 bits per heavy atom. The maximum absolute atomic E-state index is 13.7. The van der Waals surface area contributed by atoms with E-state index in [9.17, 15) is 48.3 Å². The van der Waals surface area contributed by atoms with Gasteiger partial charge in [-0.15, -0.1) is 12.8 Å². The summed E-state index contributed by atoms with van der Waals surface area (Å²) in [6.45, 7) is 10.2. The molecule has 0 aliphatic carbocycles. The van der Waals surface area contributed by atoms with Crippen LogP contribution in [0.3, 0.4) is 0 Å². The van der Waals surface area contributed by atoms with Gasteiger partial charge in [-0.3, -0.25) is 28.8 Å². The quantitative estimate of drug-likeness (QED) is 0.0100. The summed E-state index contributed by atoms with van der Waals surface area (Å²) in [5.41, 5.74) is 7.23. The molecule has 4 aromatic heterocycles. The number of halogens is 2. The van der Waals surface area contributed by atoms with Gasteiger partial charge in [0.15, 0.2) is 45.2 Å². The van der Waals surface area contributed by atoms with Crippen LogP contribution >= 0.6 is 0 Å². The molecule has 2 saturated heterocycles. The minimum atomic E-state index is -1.74. The molecule has 0 radical (unpaired) electrons. The van der Waals surface area contributed by atoms with E-state index >= 15 is 0 Å². The highest BCUT2D eigenvalue weighted by atomic mass is 19.1. The molecule has 2 aliphatic rings. The van der Waals surface area contributed by atoms with Gasteiger partial charge >= 0.3 is 36.4 Å². The van der Waals surface area contributed by atoms with Crippen molar-refractivity contribution in [3.8, 4) is 30.4 Å². The van der Waals surface area contributed by atoms with Crippen molar-refractivity contribution >= 4 is 63.9 Å². The zero-order valence-corrected chi connectivity index (χ0v) is 45.8. The van der Waals surface area contributed by atoms with E-state index in [4.69, 9.17) is 67.3 Å². The Labute approximate surface area is 468 Å². The van der Waals surface area contributed by atoms with Crippen LogP contribution in [0.15, 0.2) is 36.9 Å². The van der Waals surface area contributed by atoms with E-state index in [0.29, 0.717) is 25.7 Å². The summed E-state index contributed by atoms with van der Waals surface area (Å²) in [6.07, 6.45) is 10.1. The molecule has 5 aromatic rings. The third kappa shape index (κ3) is 18.0. The number of nitro benzene ring substituents is 1. The molecule has 1 aromatic carbocycles. The predicted octanol–water partition coefficient (Wildman–Crippen LogP) is 5.46. The molecule has 2 fully saturated rings. The Kier molecular flexibility index (Phi) is 22.2. The normalized spacial score (nSPS) is 20.3. The number of imidazole rings is 2. The number of nitro groups is 1. The molecule has 0 bridgehead atoms. The highest BCUT2D eigenvalue weighted by Gasteiger charge is 2.51. The smallest absolute Gasteiger partial charge is 0.460 e. The summed E-state index contributed by atoms with van der Waals surface area (Å²) in [5, 5.41) is 40.3. The average Bonchev–Trinajstić information content (AvgIpc) is 4.23. The lowest BCUT2D eigenvalue weighted by Gasteiger charge is -2.25. The van der Waals surface area contributed by atoms with Crippen molar-refractivity contribution in [2.45, 2.75) is 153 Å². The van der Waals surface area contributed by atoms with Gasteiger partial charge in [0.05, 0.1) is 24.2 Å². The van der Waals surface area contributed by atoms with E-state index in [2.05, 4.69) is 41.7 Å². The number of terminal acetylenes is 2. The molecule has 2 aliphatic heterocycles. The van der Waals surface area contributed by atoms with Crippen LogP contribution in [-0.4, -0.2) is 145 Å². The van der Waals surface area contributed by atoms with E-state index in [-0.39, 0.29) is 95.4 Å². The number of esters is 2. The van der Waals surface area contributed by atoms with Gasteiger partial charge < -0.3 is 64.7 Å². The van der Waals surface area contributed by atoms with E-state index in [1.54, 1.807) is 20.8 Å². The molecule has 6 heterocycles. The Balaban J connectivity index is 0.000000249. The topological polar surface area (TPSA) is 385 Å². The predicted molar refractivity (Wildman–Crippen MR) is 282 cm³/mol. The summed E-state index contributed by atoms with van der Waals surface area (Å²) in [7, 11) is 0. The molecular weight excluding hydrogens is 1090 g/mol. The number of benzene rings is 1. The monoisotopic (exact) mass is 1150 g/mol. The average molecular weight is 1150 g/mol. The molecule has 0 saturated carbocycles. The molecular formula is C52H65F2N11O17. The fourth-order valence-corrected chi connectivity index (χ4v) is 7.87. The number of rotatable bonds is 19. The van der Waals surface area contributed by atoms with Gasteiger partial charge in [-0.2, -0.15) is 28.7 Å². The van der Waals surface area contributed by atoms with E-state index in [0.717, 1.165) is 31.4 Å². The van der Waals surface area contributed by atoms with E-state index in [1.807, 2.05) is 20.8 Å². The van der Waals surface area contributed by atoms with Crippen LogP contribution in [0.25, 0.3) is 22.3 Å². The maximum Gasteiger partial charge on any atom is 0.513 e. The van der Waals surface area contributed by atoms with Crippen LogP contribution in [0, 0.1) is 47.0 Å². The number of ether oxygens (including phenoxy) is 8. The number of carbonyl (C=O) groups is 4. The fraction of sp³-hybridized carbons (Fsp3) is 0.538. The van der Waals surface area contributed by atoms with Crippen molar-refractivity contribution in [2.24, 2.45) is 0 Å². The molecule has 444 valence electrons. The molecule has 82 heavy (non-hydrogen) atoms. The van der Waals surface area contributed by atoms with Crippen LogP contribution in [0.4, 0.5) is 35.7 Å². The van der Waals surface area contributed by atoms with Crippen molar-refractivity contribution in [3.05, 3.63) is 59.2 Å². The lowest BCUT2D eigenvalue weighted by molar-refractivity contribution is -0.384. The van der Waals surface area contributed by atoms with Gasteiger partial charge in [-0.25, -0.2) is 19.6 Å². The van der Waals surface area contributed by atoms with Crippen LogP contribution in [0.1, 0.15) is 118 Å². The number of unbranched alkanes of at least 4 members (excludes halogenated alkanes) is 4. The first kappa shape index (κ1) is 64.4. The molecule has 0 amide bonds. The summed E-state index contributed by atoms with van der Waals surface area (Å²) in [5.74, 6) is 3.88. The number of nitrogens with two attached hydrogens (primary N) is 2. The second kappa shape index (κ2) is 28.3. The van der Waals surface area contributed by atoms with Gasteiger partial charge in [-0.1, -0.05) is 18.3 Å². The maximum atomic E-state index is 13.7. The van der Waals surface area contributed by atoms with Gasteiger partial charge in [-0.05, 0) is 85.8 Å². The Hall–Kier alpha value is -8.42. The Bertz CT molecular complexity index is 3120. The molecule has 7 N–H and O–H groups in total. The standard InChI is InChI=1S/C23H30FN5O7.C19H15FN6O7.C10H20O3/c1-5-23(12-34-21(32)33-10-8-6-7-9-16(31)36-22(2,3)4)14(30)11-15(35-23)29-13-26-17-18(25)27-20(24)28-19(17)29;1-2-19(8-31-18(28)32-11-5-3-10(4-6-11)26(29)30)12(27)7-13(33-19)25-9-22-14-15(21)23-17(20)24-16(14)25;1-10(2,3)13-9(12)7-5-4-6-8-11/h1,13-15,30H,6-12H2,2-4H3,(H2,25,27,28);1,3-6,9,12-13,27H,7-8H2,(H2,21,23,24);11H,4-8H2,1-3H3/t14-,15+,23+;12-,13+,19+;/m00./s1. The van der Waals surface area contributed by atoms with Crippen LogP contribution in [0.5, 0.6) is 5.75 Å². The number of fused-ring (bicyclic) bond motifs is 2. The van der Waals surface area contributed by atoms with Crippen LogP contribution < -0.4 is 16.2 Å². The minimum Gasteiger partial charge on any atom is -0.460 e. The van der Waals surface area contributed by atoms with E-state index < -0.39 is 84.1 Å². The van der Waals surface area contributed by atoms with Crippen molar-refractivity contribution in [3.63, 3.8) is 0 Å².